The molecule has 2 aliphatic rings. The number of fused-ring (bicyclic) bond motifs is 1. The molecular weight excluding hydrogens is 397 g/mol. The molecule has 3 heterocycles. The first-order chi connectivity index (χ1) is 15.0. The highest BCUT2D eigenvalue weighted by Gasteiger charge is 2.36. The maximum Gasteiger partial charge on any atom is 0.257 e. The zero-order chi connectivity index (χ0) is 21.7. The minimum Gasteiger partial charge on any atom is -0.355 e. The van der Waals surface area contributed by atoms with Crippen molar-refractivity contribution < 1.29 is 14.0 Å². The fourth-order valence-corrected chi connectivity index (χ4v) is 4.52. The molecule has 2 fully saturated rings. The van der Waals surface area contributed by atoms with Crippen molar-refractivity contribution >= 4 is 22.8 Å². The summed E-state index contributed by atoms with van der Waals surface area (Å²) in [6.45, 7) is 0.513. The van der Waals surface area contributed by atoms with E-state index in [2.05, 4.69) is 5.32 Å². The summed E-state index contributed by atoms with van der Waals surface area (Å²) in [4.78, 5) is 32.4. The number of benzene rings is 1. The van der Waals surface area contributed by atoms with E-state index in [0.29, 0.717) is 41.2 Å². The molecule has 2 amide bonds. The van der Waals surface area contributed by atoms with E-state index in [0.717, 1.165) is 25.0 Å². The Morgan fingerprint density at radius 2 is 1.94 bits per heavy atom. The lowest BCUT2D eigenvalue weighted by Gasteiger charge is -2.24. The molecule has 1 saturated heterocycles. The Morgan fingerprint density at radius 3 is 2.65 bits per heavy atom. The van der Waals surface area contributed by atoms with Crippen LogP contribution < -0.4 is 5.32 Å². The number of amides is 2. The Hall–Kier alpha value is -3.29. The first kappa shape index (κ1) is 19.7. The number of halogens is 1. The molecule has 1 aromatic carbocycles. The molecule has 31 heavy (non-hydrogen) atoms. The number of aromatic nitrogens is 3. The van der Waals surface area contributed by atoms with E-state index in [4.69, 9.17) is 10.1 Å². The maximum atomic E-state index is 14.3. The third-order valence-corrected chi connectivity index (χ3v) is 6.24. The predicted molar refractivity (Wildman–Crippen MR) is 113 cm³/mol. The monoisotopic (exact) mass is 421 g/mol. The number of carbonyl (C=O) groups excluding carboxylic acids is 2. The molecule has 3 aromatic rings. The van der Waals surface area contributed by atoms with Gasteiger partial charge in [0, 0.05) is 32.3 Å². The zero-order valence-electron chi connectivity index (χ0n) is 17.6. The summed E-state index contributed by atoms with van der Waals surface area (Å²) in [5.41, 5.74) is 2.78. The van der Waals surface area contributed by atoms with E-state index < -0.39 is 5.82 Å². The Morgan fingerprint density at radius 1 is 1.16 bits per heavy atom. The first-order valence-electron chi connectivity index (χ1n) is 10.6. The highest BCUT2D eigenvalue weighted by molar-refractivity contribution is 6.07. The Labute approximate surface area is 179 Å². The SMILES string of the molecule is CNC(=O)c1cc(C2CC2)nc2c1c(C1CCCN1C(=O)c1ccccc1F)nn2C. The molecule has 160 valence electrons. The molecule has 0 spiro atoms. The zero-order valence-corrected chi connectivity index (χ0v) is 17.6. The summed E-state index contributed by atoms with van der Waals surface area (Å²) in [6, 6.07) is 7.54. The number of rotatable bonds is 4. The number of nitrogens with zero attached hydrogens (tertiary/aromatic N) is 4. The Bertz CT molecular complexity index is 1200. The molecular formula is C23H24FN5O2. The second-order valence-electron chi connectivity index (χ2n) is 8.29. The number of likely N-dealkylation sites (tertiary alicyclic amines) is 1. The third kappa shape index (κ3) is 3.26. The number of aryl methyl sites for hydroxylation is 1. The highest BCUT2D eigenvalue weighted by atomic mass is 19.1. The molecule has 8 heteroatoms. The average molecular weight is 421 g/mol. The molecule has 0 bridgehead atoms. The van der Waals surface area contributed by atoms with Crippen LogP contribution in [0.5, 0.6) is 0 Å². The minimum atomic E-state index is -0.536. The summed E-state index contributed by atoms with van der Waals surface area (Å²) < 4.78 is 16.0. The van der Waals surface area contributed by atoms with Crippen LogP contribution in [0.4, 0.5) is 4.39 Å². The number of hydrogen-bond acceptors (Lipinski definition) is 4. The van der Waals surface area contributed by atoms with Gasteiger partial charge in [0.1, 0.15) is 5.82 Å². The lowest BCUT2D eigenvalue weighted by atomic mass is 10.0. The molecule has 2 aromatic heterocycles. The van der Waals surface area contributed by atoms with E-state index in [1.807, 2.05) is 6.07 Å². The van der Waals surface area contributed by atoms with Gasteiger partial charge < -0.3 is 10.2 Å². The molecule has 1 N–H and O–H groups in total. The summed E-state index contributed by atoms with van der Waals surface area (Å²) >= 11 is 0. The van der Waals surface area contributed by atoms with Crippen LogP contribution in [0.3, 0.4) is 0 Å². The van der Waals surface area contributed by atoms with Gasteiger partial charge in [-0.15, -0.1) is 0 Å². The summed E-state index contributed by atoms with van der Waals surface area (Å²) in [5.74, 6) is -0.709. The van der Waals surface area contributed by atoms with Crippen molar-refractivity contribution in [3.63, 3.8) is 0 Å². The van der Waals surface area contributed by atoms with Gasteiger partial charge in [-0.25, -0.2) is 9.37 Å². The largest absolute Gasteiger partial charge is 0.355 e. The van der Waals surface area contributed by atoms with Gasteiger partial charge in [-0.3, -0.25) is 14.3 Å². The van der Waals surface area contributed by atoms with Crippen LogP contribution >= 0.6 is 0 Å². The fraction of sp³-hybridized carbons (Fsp3) is 0.391. The molecule has 0 radical (unpaired) electrons. The van der Waals surface area contributed by atoms with Crippen molar-refractivity contribution in [3.8, 4) is 0 Å². The summed E-state index contributed by atoms with van der Waals surface area (Å²) in [7, 11) is 3.41. The molecule has 7 nitrogen and oxygen atoms in total. The average Bonchev–Trinajstić information content (AvgIpc) is 3.43. The van der Waals surface area contributed by atoms with E-state index in [-0.39, 0.29) is 23.4 Å². The van der Waals surface area contributed by atoms with Gasteiger partial charge in [0.2, 0.25) is 0 Å². The molecule has 1 atom stereocenters. The van der Waals surface area contributed by atoms with Crippen LogP contribution in [-0.2, 0) is 7.05 Å². The van der Waals surface area contributed by atoms with Gasteiger partial charge >= 0.3 is 0 Å². The molecule has 1 unspecified atom stereocenters. The van der Waals surface area contributed by atoms with Gasteiger partial charge in [0.15, 0.2) is 5.65 Å². The lowest BCUT2D eigenvalue weighted by Crippen LogP contribution is -2.31. The second kappa shape index (κ2) is 7.44. The molecule has 1 aliphatic carbocycles. The van der Waals surface area contributed by atoms with E-state index in [1.54, 1.807) is 35.8 Å². The quantitative estimate of drug-likeness (QED) is 0.701. The van der Waals surface area contributed by atoms with Gasteiger partial charge in [-0.2, -0.15) is 5.10 Å². The van der Waals surface area contributed by atoms with Gasteiger partial charge in [0.25, 0.3) is 11.8 Å². The Balaban J connectivity index is 1.63. The van der Waals surface area contributed by atoms with E-state index >= 15 is 0 Å². The highest BCUT2D eigenvalue weighted by Crippen LogP contribution is 2.42. The molecule has 1 aliphatic heterocycles. The van der Waals surface area contributed by atoms with Crippen LogP contribution in [0.15, 0.2) is 30.3 Å². The smallest absolute Gasteiger partial charge is 0.257 e. The van der Waals surface area contributed by atoms with Gasteiger partial charge in [0.05, 0.1) is 28.2 Å². The lowest BCUT2D eigenvalue weighted by molar-refractivity contribution is 0.0728. The fourth-order valence-electron chi connectivity index (χ4n) is 4.52. The second-order valence-corrected chi connectivity index (χ2v) is 8.29. The van der Waals surface area contributed by atoms with Gasteiger partial charge in [-0.05, 0) is 43.9 Å². The van der Waals surface area contributed by atoms with Crippen LogP contribution in [0, 0.1) is 5.82 Å². The van der Waals surface area contributed by atoms with Crippen molar-refractivity contribution in [2.24, 2.45) is 7.05 Å². The van der Waals surface area contributed by atoms with Gasteiger partial charge in [-0.1, -0.05) is 12.1 Å². The standard InChI is InChI=1S/C23H24FN5O2/c1-25-22(30)15-12-17(13-9-10-13)26-21-19(15)20(27-28(21)2)18-8-5-11-29(18)23(31)14-6-3-4-7-16(14)24/h3-4,6-7,12-13,18H,5,8-11H2,1-2H3,(H,25,30). The minimum absolute atomic E-state index is 0.0512. The normalized spacial score (nSPS) is 18.5. The van der Waals surface area contributed by atoms with Crippen molar-refractivity contribution in [2.75, 3.05) is 13.6 Å². The topological polar surface area (TPSA) is 80.1 Å². The third-order valence-electron chi connectivity index (χ3n) is 6.24. The first-order valence-corrected chi connectivity index (χ1v) is 10.6. The Kier molecular flexibility index (Phi) is 4.72. The number of pyridine rings is 1. The van der Waals surface area contributed by atoms with E-state index in [9.17, 15) is 14.0 Å². The van der Waals surface area contributed by atoms with Crippen LogP contribution in [0.1, 0.15) is 69.7 Å². The number of hydrogen-bond donors (Lipinski definition) is 1. The van der Waals surface area contributed by atoms with Crippen molar-refractivity contribution in [1.82, 2.24) is 25.0 Å². The van der Waals surface area contributed by atoms with Crippen LogP contribution in [0.25, 0.3) is 11.0 Å². The number of nitrogens with one attached hydrogen (secondary N) is 1. The number of carbonyl (C=O) groups is 2. The van der Waals surface area contributed by atoms with Crippen molar-refractivity contribution in [2.45, 2.75) is 37.6 Å². The van der Waals surface area contributed by atoms with E-state index in [1.165, 1.54) is 12.1 Å². The van der Waals surface area contributed by atoms with Crippen molar-refractivity contribution in [3.05, 3.63) is 58.7 Å². The van der Waals surface area contributed by atoms with Crippen molar-refractivity contribution in [1.29, 1.82) is 0 Å². The van der Waals surface area contributed by atoms with Crippen LogP contribution in [0.2, 0.25) is 0 Å². The molecule has 1 saturated carbocycles. The summed E-state index contributed by atoms with van der Waals surface area (Å²) in [6.07, 6.45) is 3.63. The maximum absolute atomic E-state index is 14.3. The predicted octanol–water partition coefficient (Wildman–Crippen LogP) is 3.32. The molecule has 5 rings (SSSR count). The van der Waals surface area contributed by atoms with Crippen LogP contribution in [-0.4, -0.2) is 45.1 Å². The summed E-state index contributed by atoms with van der Waals surface area (Å²) in [5, 5.41) is 8.10.